The molecule has 3 saturated heterocycles. The molecule has 0 saturated carbocycles. The number of hydrogen-bond acceptors (Lipinski definition) is 6. The largest absolute Gasteiger partial charge is 0.494 e. The number of nitrogens with zero attached hydrogens (tertiary/aromatic N) is 3. The number of carbonyl (C=O) groups is 3. The van der Waals surface area contributed by atoms with Crippen molar-refractivity contribution in [2.75, 3.05) is 31.2 Å². The molecule has 1 aromatic carbocycles. The van der Waals surface area contributed by atoms with Crippen LogP contribution in [0.1, 0.15) is 68.2 Å². The second-order valence-corrected chi connectivity index (χ2v) is 14.5. The molecule has 1 aromatic rings. The van der Waals surface area contributed by atoms with Gasteiger partial charge in [-0.25, -0.2) is 0 Å². The summed E-state index contributed by atoms with van der Waals surface area (Å²) in [6.45, 7) is 24.3. The van der Waals surface area contributed by atoms with Gasteiger partial charge in [-0.2, -0.15) is 0 Å². The van der Waals surface area contributed by atoms with Crippen molar-refractivity contribution in [2.24, 2.45) is 23.7 Å². The highest BCUT2D eigenvalue weighted by Gasteiger charge is 2.80. The maximum atomic E-state index is 14.8. The van der Waals surface area contributed by atoms with E-state index in [1.54, 1.807) is 26.9 Å². The second-order valence-electron chi connectivity index (χ2n) is 14.5. The molecule has 1 N–H and O–H groups in total. The smallest absolute Gasteiger partial charge is 0.249 e. The Balaban J connectivity index is 1.87. The Morgan fingerprint density at radius 3 is 2.29 bits per heavy atom. The molecule has 1 spiro atoms. The Labute approximate surface area is 269 Å². The first-order valence-electron chi connectivity index (χ1n) is 16.3. The molecule has 2 bridgehead atoms. The van der Waals surface area contributed by atoms with Gasteiger partial charge in [0.2, 0.25) is 17.7 Å². The van der Waals surface area contributed by atoms with Crippen molar-refractivity contribution in [1.82, 2.24) is 9.80 Å². The van der Waals surface area contributed by atoms with Crippen LogP contribution in [0, 0.1) is 23.7 Å². The Bertz CT molecular complexity index is 1290. The van der Waals surface area contributed by atoms with E-state index in [2.05, 4.69) is 13.2 Å². The number of aliphatic hydroxyl groups is 1. The molecular weight excluding hydrogens is 570 g/mol. The fourth-order valence-electron chi connectivity index (χ4n) is 8.03. The molecule has 3 aliphatic heterocycles. The Morgan fingerprint density at radius 2 is 1.78 bits per heavy atom. The number of rotatable bonds is 13. The standard InChI is InChI=1S/C36H53N3O6/c1-11-18-37(25-14-16-27(17-15-25)44-13-3)31(41)28-29-32(42)39(26(22-40)20-23(4)5)30(33(43)38(19-12-2)34(7,8)9)36(29)21-24(6)35(28,10)45-36/h11-12,14-17,23-24,26,28-30,40H,1-2,13,18-22H2,3-10H3/t24?,26-,28+,29+,30?,35-,36?/m1/s1. The van der Waals surface area contributed by atoms with Gasteiger partial charge in [-0.3, -0.25) is 14.4 Å². The second kappa shape index (κ2) is 12.9. The molecule has 7 atom stereocenters. The van der Waals surface area contributed by atoms with Crippen molar-refractivity contribution in [1.29, 1.82) is 0 Å². The Hall–Kier alpha value is -3.17. The third kappa shape index (κ3) is 5.82. The van der Waals surface area contributed by atoms with Gasteiger partial charge in [0.1, 0.15) is 17.4 Å². The molecular formula is C36H53N3O6. The number of aliphatic hydroxyl groups excluding tert-OH is 1. The molecule has 3 fully saturated rings. The van der Waals surface area contributed by atoms with Gasteiger partial charge in [0.25, 0.3) is 0 Å². The summed E-state index contributed by atoms with van der Waals surface area (Å²) in [7, 11) is 0. The first-order chi connectivity index (χ1) is 21.1. The quantitative estimate of drug-likeness (QED) is 0.316. The number of likely N-dealkylation sites (tertiary alicyclic amines) is 1. The molecule has 9 nitrogen and oxygen atoms in total. The van der Waals surface area contributed by atoms with E-state index in [-0.39, 0.29) is 49.3 Å². The van der Waals surface area contributed by atoms with Crippen LogP contribution in [-0.4, -0.2) is 87.8 Å². The van der Waals surface area contributed by atoms with Crippen molar-refractivity contribution < 1.29 is 29.0 Å². The van der Waals surface area contributed by atoms with Crippen LogP contribution in [0.3, 0.4) is 0 Å². The van der Waals surface area contributed by atoms with Gasteiger partial charge in [0.05, 0.1) is 36.7 Å². The molecule has 4 rings (SSSR count). The topological polar surface area (TPSA) is 99.6 Å². The van der Waals surface area contributed by atoms with Gasteiger partial charge < -0.3 is 29.3 Å². The van der Waals surface area contributed by atoms with Crippen molar-refractivity contribution >= 4 is 23.4 Å². The maximum Gasteiger partial charge on any atom is 0.249 e. The van der Waals surface area contributed by atoms with Crippen molar-refractivity contribution in [3.8, 4) is 5.75 Å². The van der Waals surface area contributed by atoms with E-state index in [4.69, 9.17) is 9.47 Å². The van der Waals surface area contributed by atoms with Crippen molar-refractivity contribution in [3.05, 3.63) is 49.6 Å². The summed E-state index contributed by atoms with van der Waals surface area (Å²) in [6.07, 6.45) is 4.31. The summed E-state index contributed by atoms with van der Waals surface area (Å²) in [5, 5.41) is 10.7. The average molecular weight is 624 g/mol. The van der Waals surface area contributed by atoms with E-state index in [9.17, 15) is 19.5 Å². The van der Waals surface area contributed by atoms with Crippen LogP contribution in [0.4, 0.5) is 5.69 Å². The minimum atomic E-state index is -1.23. The summed E-state index contributed by atoms with van der Waals surface area (Å²) >= 11 is 0. The average Bonchev–Trinajstić information content (AvgIpc) is 3.49. The molecule has 248 valence electrons. The molecule has 0 radical (unpaired) electrons. The van der Waals surface area contributed by atoms with Crippen LogP contribution in [0.5, 0.6) is 5.75 Å². The van der Waals surface area contributed by atoms with E-state index in [0.717, 1.165) is 0 Å². The fourth-order valence-corrected chi connectivity index (χ4v) is 8.03. The summed E-state index contributed by atoms with van der Waals surface area (Å²) in [5.74, 6) is -1.80. The molecule has 3 unspecified atom stereocenters. The lowest BCUT2D eigenvalue weighted by Gasteiger charge is -2.43. The van der Waals surface area contributed by atoms with E-state index in [0.29, 0.717) is 30.9 Å². The first kappa shape index (κ1) is 34.7. The molecule has 3 aliphatic rings. The minimum absolute atomic E-state index is 0.114. The summed E-state index contributed by atoms with van der Waals surface area (Å²) < 4.78 is 12.6. The van der Waals surface area contributed by atoms with E-state index < -0.39 is 40.7 Å². The Morgan fingerprint density at radius 1 is 1.16 bits per heavy atom. The van der Waals surface area contributed by atoms with Gasteiger partial charge in [0, 0.05) is 24.3 Å². The van der Waals surface area contributed by atoms with Crippen LogP contribution in [-0.2, 0) is 19.1 Å². The van der Waals surface area contributed by atoms with Crippen LogP contribution in [0.25, 0.3) is 0 Å². The zero-order chi connectivity index (χ0) is 33.5. The van der Waals surface area contributed by atoms with Gasteiger partial charge in [-0.15, -0.1) is 13.2 Å². The first-order valence-corrected chi connectivity index (χ1v) is 16.3. The monoisotopic (exact) mass is 623 g/mol. The number of fused-ring (bicyclic) bond motifs is 1. The zero-order valence-corrected chi connectivity index (χ0v) is 28.4. The lowest BCUT2D eigenvalue weighted by molar-refractivity contribution is -0.158. The number of amides is 3. The zero-order valence-electron chi connectivity index (χ0n) is 28.4. The van der Waals surface area contributed by atoms with Crippen molar-refractivity contribution in [3.63, 3.8) is 0 Å². The van der Waals surface area contributed by atoms with E-state index in [1.165, 1.54) is 0 Å². The Kier molecular flexibility index (Phi) is 9.96. The summed E-state index contributed by atoms with van der Waals surface area (Å²) in [6, 6.07) is 5.71. The van der Waals surface area contributed by atoms with Crippen LogP contribution < -0.4 is 9.64 Å². The summed E-state index contributed by atoms with van der Waals surface area (Å²) in [4.78, 5) is 49.4. The normalized spacial score (nSPS) is 29.5. The lowest BCUT2D eigenvalue weighted by Crippen LogP contribution is -2.62. The number of ether oxygens (including phenoxy) is 2. The van der Waals surface area contributed by atoms with Crippen LogP contribution >= 0.6 is 0 Å². The molecule has 45 heavy (non-hydrogen) atoms. The minimum Gasteiger partial charge on any atom is -0.494 e. The number of carbonyl (C=O) groups excluding carboxylic acids is 3. The molecule has 0 aliphatic carbocycles. The van der Waals surface area contributed by atoms with Crippen LogP contribution in [0.2, 0.25) is 0 Å². The highest BCUT2D eigenvalue weighted by molar-refractivity contribution is 6.03. The molecule has 9 heteroatoms. The third-order valence-electron chi connectivity index (χ3n) is 10.0. The fraction of sp³-hybridized carbons (Fsp3) is 0.639. The van der Waals surface area contributed by atoms with E-state index in [1.807, 2.05) is 79.7 Å². The summed E-state index contributed by atoms with van der Waals surface area (Å²) in [5.41, 5.74) is -2.12. The SMILES string of the molecule is C=CCN(C(=O)[C@@H]1[C@H]2C(=O)N([C@@H](CO)CC(C)C)C(C(=O)N(CC=C)C(C)(C)C)C23CC(C)[C@@]1(C)O3)c1ccc(OCC)cc1. The lowest BCUT2D eigenvalue weighted by atomic mass is 9.62. The third-order valence-corrected chi connectivity index (χ3v) is 10.0. The van der Waals surface area contributed by atoms with Gasteiger partial charge >= 0.3 is 0 Å². The number of anilines is 1. The highest BCUT2D eigenvalue weighted by Crippen LogP contribution is 2.66. The van der Waals surface area contributed by atoms with E-state index >= 15 is 0 Å². The van der Waals surface area contributed by atoms with Crippen molar-refractivity contribution in [2.45, 2.75) is 97.1 Å². The van der Waals surface area contributed by atoms with Gasteiger partial charge in [0.15, 0.2) is 0 Å². The molecule has 0 aromatic heterocycles. The predicted molar refractivity (Wildman–Crippen MR) is 176 cm³/mol. The highest BCUT2D eigenvalue weighted by atomic mass is 16.5. The van der Waals surface area contributed by atoms with Gasteiger partial charge in [-0.1, -0.05) is 32.9 Å². The molecule has 3 heterocycles. The maximum absolute atomic E-state index is 14.8. The molecule has 3 amide bonds. The number of hydrogen-bond donors (Lipinski definition) is 1. The van der Waals surface area contributed by atoms with Crippen LogP contribution in [0.15, 0.2) is 49.6 Å². The predicted octanol–water partition coefficient (Wildman–Crippen LogP) is 4.84. The number of benzene rings is 1. The van der Waals surface area contributed by atoms with Gasteiger partial charge in [-0.05, 0) is 83.6 Å².